The molecule has 0 bridgehead atoms. The molecule has 0 spiro atoms. The van der Waals surface area contributed by atoms with E-state index in [9.17, 15) is 14.9 Å². The molecule has 0 aliphatic rings. The summed E-state index contributed by atoms with van der Waals surface area (Å²) in [7, 11) is 0. The summed E-state index contributed by atoms with van der Waals surface area (Å²) in [5, 5.41) is 12.3. The molecule has 0 heterocycles. The minimum Gasteiger partial charge on any atom is -0.363 e. The van der Waals surface area contributed by atoms with E-state index in [1.54, 1.807) is 5.06 Å². The Kier molecular flexibility index (Phi) is 5.30. The van der Waals surface area contributed by atoms with Gasteiger partial charge < -0.3 is 4.84 Å². The molecule has 1 aromatic rings. The van der Waals surface area contributed by atoms with Crippen LogP contribution in [0.25, 0.3) is 0 Å². The van der Waals surface area contributed by atoms with Crippen molar-refractivity contribution in [2.75, 3.05) is 0 Å². The first-order valence-electron chi connectivity index (χ1n) is 7.26. The number of rotatable bonds is 5. The van der Waals surface area contributed by atoms with Gasteiger partial charge in [-0.1, -0.05) is 6.92 Å². The number of hydroxylamine groups is 2. The van der Waals surface area contributed by atoms with Crippen LogP contribution in [0.5, 0.6) is 0 Å². The zero-order valence-electron chi connectivity index (χ0n) is 14.0. The van der Waals surface area contributed by atoms with Gasteiger partial charge >= 0.3 is 5.97 Å². The molecule has 122 valence electrons. The highest BCUT2D eigenvalue weighted by Gasteiger charge is 2.37. The summed E-state index contributed by atoms with van der Waals surface area (Å²) in [5.74, 6) is -0.522. The Morgan fingerprint density at radius 1 is 1.18 bits per heavy atom. The van der Waals surface area contributed by atoms with Crippen molar-refractivity contribution in [2.45, 2.75) is 59.0 Å². The predicted molar refractivity (Wildman–Crippen MR) is 84.5 cm³/mol. The molecule has 0 aromatic heterocycles. The van der Waals surface area contributed by atoms with Gasteiger partial charge in [0.15, 0.2) is 0 Å². The zero-order valence-corrected chi connectivity index (χ0v) is 14.0. The maximum atomic E-state index is 12.3. The smallest absolute Gasteiger partial charge is 0.357 e. The van der Waals surface area contributed by atoms with Gasteiger partial charge in [0.1, 0.15) is 0 Å². The summed E-state index contributed by atoms with van der Waals surface area (Å²) < 4.78 is 0. The number of hydrogen-bond donors (Lipinski definition) is 0. The van der Waals surface area contributed by atoms with Gasteiger partial charge in [-0.2, -0.15) is 0 Å². The number of hydrogen-bond acceptors (Lipinski definition) is 5. The van der Waals surface area contributed by atoms with Crippen LogP contribution < -0.4 is 0 Å². The van der Waals surface area contributed by atoms with Crippen molar-refractivity contribution in [1.82, 2.24) is 5.06 Å². The van der Waals surface area contributed by atoms with Crippen LogP contribution in [-0.2, 0) is 4.84 Å². The fourth-order valence-corrected chi connectivity index (χ4v) is 2.17. The first kappa shape index (κ1) is 18.1. The topological polar surface area (TPSA) is 72.7 Å². The lowest BCUT2D eigenvalue weighted by Crippen LogP contribution is -2.54. The maximum absolute atomic E-state index is 12.3. The van der Waals surface area contributed by atoms with E-state index in [0.29, 0.717) is 0 Å². The fourth-order valence-electron chi connectivity index (χ4n) is 2.17. The van der Waals surface area contributed by atoms with E-state index in [4.69, 9.17) is 4.84 Å². The fraction of sp³-hybridized carbons (Fsp3) is 0.562. The second kappa shape index (κ2) is 6.44. The lowest BCUT2D eigenvalue weighted by Gasteiger charge is -2.44. The molecule has 1 rings (SSSR count). The number of nitro groups is 1. The highest BCUT2D eigenvalue weighted by atomic mass is 16.7. The molecule has 0 amide bonds. The first-order valence-corrected chi connectivity index (χ1v) is 7.26. The van der Waals surface area contributed by atoms with Crippen molar-refractivity contribution in [2.24, 2.45) is 0 Å². The molecule has 22 heavy (non-hydrogen) atoms. The minimum absolute atomic E-state index is 0.0573. The number of non-ortho nitro benzene ring substituents is 1. The first-order chi connectivity index (χ1) is 9.99. The van der Waals surface area contributed by atoms with E-state index >= 15 is 0 Å². The zero-order chi connectivity index (χ0) is 17.1. The number of carbonyl (C=O) groups excluding carboxylic acids is 1. The van der Waals surface area contributed by atoms with Crippen molar-refractivity contribution in [3.63, 3.8) is 0 Å². The molecule has 1 aromatic carbocycles. The molecule has 0 aliphatic heterocycles. The lowest BCUT2D eigenvalue weighted by atomic mass is 9.95. The molecular formula is C16H24N2O4. The number of nitrogens with zero attached hydrogens (tertiary/aromatic N) is 2. The van der Waals surface area contributed by atoms with E-state index in [2.05, 4.69) is 0 Å². The second-order valence-corrected chi connectivity index (χ2v) is 6.81. The van der Waals surface area contributed by atoms with Crippen LogP contribution in [0.2, 0.25) is 0 Å². The van der Waals surface area contributed by atoms with Crippen LogP contribution in [0.15, 0.2) is 24.3 Å². The Morgan fingerprint density at radius 2 is 1.68 bits per heavy atom. The lowest BCUT2D eigenvalue weighted by molar-refractivity contribution is -0.384. The van der Waals surface area contributed by atoms with E-state index in [1.807, 2.05) is 41.5 Å². The summed E-state index contributed by atoms with van der Waals surface area (Å²) in [5.41, 5.74) is -0.463. The maximum Gasteiger partial charge on any atom is 0.357 e. The Labute approximate surface area is 131 Å². The summed E-state index contributed by atoms with van der Waals surface area (Å²) in [4.78, 5) is 28.0. The quantitative estimate of drug-likeness (QED) is 0.608. The highest BCUT2D eigenvalue weighted by Crippen LogP contribution is 2.28. The predicted octanol–water partition coefficient (Wildman–Crippen LogP) is 3.96. The van der Waals surface area contributed by atoms with Crippen LogP contribution in [0, 0.1) is 10.1 Å². The van der Waals surface area contributed by atoms with Gasteiger partial charge in [-0.15, -0.1) is 5.06 Å². The molecule has 0 saturated carbocycles. The third-order valence-corrected chi connectivity index (χ3v) is 3.51. The van der Waals surface area contributed by atoms with Gasteiger partial charge in [0, 0.05) is 17.7 Å². The van der Waals surface area contributed by atoms with E-state index < -0.39 is 10.9 Å². The molecule has 0 atom stereocenters. The summed E-state index contributed by atoms with van der Waals surface area (Å²) >= 11 is 0. The molecule has 6 nitrogen and oxygen atoms in total. The largest absolute Gasteiger partial charge is 0.363 e. The number of benzene rings is 1. The Balaban J connectivity index is 2.99. The Bertz CT molecular complexity index is 544. The van der Waals surface area contributed by atoms with Crippen molar-refractivity contribution in [3.8, 4) is 0 Å². The molecule has 0 aliphatic carbocycles. The van der Waals surface area contributed by atoms with Gasteiger partial charge in [-0.3, -0.25) is 10.1 Å². The summed E-state index contributed by atoms with van der Waals surface area (Å²) in [6.45, 7) is 11.9. The third-order valence-electron chi connectivity index (χ3n) is 3.51. The molecule has 0 saturated heterocycles. The van der Waals surface area contributed by atoms with Crippen molar-refractivity contribution in [3.05, 3.63) is 39.9 Å². The van der Waals surface area contributed by atoms with Crippen LogP contribution in [0.3, 0.4) is 0 Å². The van der Waals surface area contributed by atoms with Crippen LogP contribution >= 0.6 is 0 Å². The van der Waals surface area contributed by atoms with E-state index in [1.165, 1.54) is 24.3 Å². The SMILES string of the molecule is CCC(C)(C)N(OC(=O)c1ccc([N+](=O)[O-])cc1)C(C)(C)C. The highest BCUT2D eigenvalue weighted by molar-refractivity contribution is 5.89. The average Bonchev–Trinajstić information content (AvgIpc) is 2.43. The van der Waals surface area contributed by atoms with Gasteiger partial charge in [0.05, 0.1) is 16.0 Å². The van der Waals surface area contributed by atoms with Crippen molar-refractivity contribution in [1.29, 1.82) is 0 Å². The van der Waals surface area contributed by atoms with Crippen LogP contribution in [0.4, 0.5) is 5.69 Å². The Morgan fingerprint density at radius 3 is 2.05 bits per heavy atom. The van der Waals surface area contributed by atoms with Gasteiger partial charge in [-0.05, 0) is 53.2 Å². The van der Waals surface area contributed by atoms with E-state index in [0.717, 1.165) is 6.42 Å². The monoisotopic (exact) mass is 308 g/mol. The average molecular weight is 308 g/mol. The standard InChI is InChI=1S/C16H24N2O4/c1-7-16(5,6)18(15(2,3)4)22-14(19)12-8-10-13(11-9-12)17(20)21/h8-11H,7H2,1-6H3. The van der Waals surface area contributed by atoms with Gasteiger partial charge in [-0.25, -0.2) is 4.79 Å². The molecular weight excluding hydrogens is 284 g/mol. The normalized spacial score (nSPS) is 12.3. The number of carbonyl (C=O) groups is 1. The van der Waals surface area contributed by atoms with Gasteiger partial charge in [0.25, 0.3) is 5.69 Å². The van der Waals surface area contributed by atoms with Crippen LogP contribution in [0.1, 0.15) is 58.3 Å². The summed E-state index contributed by atoms with van der Waals surface area (Å²) in [6, 6.07) is 5.40. The molecule has 6 heteroatoms. The summed E-state index contributed by atoms with van der Waals surface area (Å²) in [6.07, 6.45) is 0.803. The van der Waals surface area contributed by atoms with Crippen molar-refractivity contribution >= 4 is 11.7 Å². The third kappa shape index (κ3) is 4.27. The van der Waals surface area contributed by atoms with Gasteiger partial charge in [0.2, 0.25) is 0 Å². The second-order valence-electron chi connectivity index (χ2n) is 6.81. The molecule has 0 radical (unpaired) electrons. The van der Waals surface area contributed by atoms with Crippen LogP contribution in [-0.4, -0.2) is 27.0 Å². The molecule has 0 fully saturated rings. The van der Waals surface area contributed by atoms with Crippen molar-refractivity contribution < 1.29 is 14.6 Å². The molecule has 0 N–H and O–H groups in total. The Hall–Kier alpha value is -1.95. The number of nitro benzene ring substituents is 1. The molecule has 0 unspecified atom stereocenters. The minimum atomic E-state index is -0.522. The van der Waals surface area contributed by atoms with E-state index in [-0.39, 0.29) is 22.3 Å².